The van der Waals surface area contributed by atoms with E-state index >= 15 is 0 Å². The lowest BCUT2D eigenvalue weighted by molar-refractivity contribution is -0.385. The third kappa shape index (κ3) is 4.79. The van der Waals surface area contributed by atoms with E-state index in [1.54, 1.807) is 24.3 Å². The second-order valence-electron chi connectivity index (χ2n) is 5.08. The first-order valence-electron chi connectivity index (χ1n) is 7.42. The van der Waals surface area contributed by atoms with Crippen molar-refractivity contribution in [2.45, 2.75) is 6.42 Å². The van der Waals surface area contributed by atoms with Gasteiger partial charge in [-0.15, -0.1) is 0 Å². The second kappa shape index (κ2) is 8.95. The standard InChI is InChI=1S/C17H16BrN3O5/c1-25-15-9-16(26-2)13(18)7-12(15)10-19-20-17(22)8-11-5-3-4-6-14(11)21(23)24/h3-7,9-10H,8H2,1-2H3,(H,20,22). The lowest BCUT2D eigenvalue weighted by atomic mass is 10.1. The molecule has 0 saturated heterocycles. The number of para-hydroxylation sites is 1. The predicted octanol–water partition coefficient (Wildman–Crippen LogP) is 3.07. The van der Waals surface area contributed by atoms with E-state index in [0.717, 1.165) is 0 Å². The van der Waals surface area contributed by atoms with Gasteiger partial charge in [-0.3, -0.25) is 14.9 Å². The van der Waals surface area contributed by atoms with Gasteiger partial charge in [0.05, 0.1) is 36.3 Å². The molecule has 8 nitrogen and oxygen atoms in total. The molecule has 2 aromatic carbocycles. The Hall–Kier alpha value is -2.94. The Kier molecular flexibility index (Phi) is 6.67. The zero-order chi connectivity index (χ0) is 19.1. The summed E-state index contributed by atoms with van der Waals surface area (Å²) in [5, 5.41) is 14.9. The highest BCUT2D eigenvalue weighted by Gasteiger charge is 2.15. The minimum Gasteiger partial charge on any atom is -0.496 e. The minimum absolute atomic E-state index is 0.104. The summed E-state index contributed by atoms with van der Waals surface area (Å²) >= 11 is 3.36. The fraction of sp³-hybridized carbons (Fsp3) is 0.176. The van der Waals surface area contributed by atoms with Crippen LogP contribution in [0.15, 0.2) is 46.0 Å². The zero-order valence-electron chi connectivity index (χ0n) is 14.1. The first kappa shape index (κ1) is 19.4. The van der Waals surface area contributed by atoms with Gasteiger partial charge >= 0.3 is 0 Å². The van der Waals surface area contributed by atoms with Crippen molar-refractivity contribution in [1.29, 1.82) is 0 Å². The number of methoxy groups -OCH3 is 2. The van der Waals surface area contributed by atoms with E-state index in [-0.39, 0.29) is 12.1 Å². The molecule has 0 fully saturated rings. The Bertz CT molecular complexity index is 854. The minimum atomic E-state index is -0.522. The second-order valence-corrected chi connectivity index (χ2v) is 5.94. The van der Waals surface area contributed by atoms with Crippen LogP contribution in [-0.4, -0.2) is 31.3 Å². The molecule has 136 valence electrons. The zero-order valence-corrected chi connectivity index (χ0v) is 15.6. The van der Waals surface area contributed by atoms with E-state index in [0.29, 0.717) is 27.1 Å². The summed E-state index contributed by atoms with van der Waals surface area (Å²) in [6.45, 7) is 0. The van der Waals surface area contributed by atoms with Crippen molar-refractivity contribution in [2.75, 3.05) is 14.2 Å². The first-order valence-corrected chi connectivity index (χ1v) is 8.21. The monoisotopic (exact) mass is 421 g/mol. The fourth-order valence-electron chi connectivity index (χ4n) is 2.21. The molecule has 9 heteroatoms. The van der Waals surface area contributed by atoms with Gasteiger partial charge < -0.3 is 9.47 Å². The van der Waals surface area contributed by atoms with Crippen LogP contribution in [0.5, 0.6) is 11.5 Å². The van der Waals surface area contributed by atoms with Crippen molar-refractivity contribution in [2.24, 2.45) is 5.10 Å². The lowest BCUT2D eigenvalue weighted by Gasteiger charge is -2.09. The van der Waals surface area contributed by atoms with Gasteiger partial charge in [0.2, 0.25) is 5.91 Å². The average Bonchev–Trinajstić information content (AvgIpc) is 2.62. The third-order valence-corrected chi connectivity index (χ3v) is 4.06. The molecule has 0 aliphatic rings. The van der Waals surface area contributed by atoms with Gasteiger partial charge in [0.25, 0.3) is 5.69 Å². The number of amides is 1. The van der Waals surface area contributed by atoms with Gasteiger partial charge in [-0.25, -0.2) is 5.43 Å². The Morgan fingerprint density at radius 3 is 2.62 bits per heavy atom. The largest absolute Gasteiger partial charge is 0.496 e. The Balaban J connectivity index is 2.08. The number of hydrazone groups is 1. The third-order valence-electron chi connectivity index (χ3n) is 3.44. The number of nitrogens with one attached hydrogen (secondary N) is 1. The summed E-state index contributed by atoms with van der Waals surface area (Å²) in [5.41, 5.74) is 3.18. The summed E-state index contributed by atoms with van der Waals surface area (Å²) in [6, 6.07) is 9.48. The van der Waals surface area contributed by atoms with E-state index < -0.39 is 10.8 Å². The molecule has 0 spiro atoms. The number of hydrogen-bond acceptors (Lipinski definition) is 6. The smallest absolute Gasteiger partial charge is 0.273 e. The molecule has 0 aliphatic heterocycles. The quantitative estimate of drug-likeness (QED) is 0.420. The van der Waals surface area contributed by atoms with Crippen molar-refractivity contribution in [1.82, 2.24) is 5.43 Å². The molecule has 2 aromatic rings. The van der Waals surface area contributed by atoms with Crippen molar-refractivity contribution in [3.8, 4) is 11.5 Å². The topological polar surface area (TPSA) is 103 Å². The van der Waals surface area contributed by atoms with Crippen molar-refractivity contribution < 1.29 is 19.2 Å². The van der Waals surface area contributed by atoms with Crippen LogP contribution in [0.1, 0.15) is 11.1 Å². The summed E-state index contributed by atoms with van der Waals surface area (Å²) < 4.78 is 11.1. The molecular formula is C17H16BrN3O5. The Morgan fingerprint density at radius 1 is 1.27 bits per heavy atom. The molecule has 0 saturated carbocycles. The number of carbonyl (C=O) groups excluding carboxylic acids is 1. The van der Waals surface area contributed by atoms with Crippen LogP contribution in [0.3, 0.4) is 0 Å². The maximum Gasteiger partial charge on any atom is 0.273 e. The van der Waals surface area contributed by atoms with Crippen molar-refractivity contribution in [3.63, 3.8) is 0 Å². The number of nitro groups is 1. The van der Waals surface area contributed by atoms with E-state index in [1.165, 1.54) is 32.6 Å². The van der Waals surface area contributed by atoms with E-state index in [4.69, 9.17) is 9.47 Å². The van der Waals surface area contributed by atoms with Crippen molar-refractivity contribution >= 4 is 33.7 Å². The number of nitrogens with zero attached hydrogens (tertiary/aromatic N) is 2. The van der Waals surface area contributed by atoms with Crippen LogP contribution < -0.4 is 14.9 Å². The number of carbonyl (C=O) groups is 1. The molecule has 0 aromatic heterocycles. The van der Waals surface area contributed by atoms with E-state index in [9.17, 15) is 14.9 Å². The Morgan fingerprint density at radius 2 is 1.96 bits per heavy atom. The molecule has 0 bridgehead atoms. The van der Waals surface area contributed by atoms with Crippen LogP contribution in [0.4, 0.5) is 5.69 Å². The summed E-state index contributed by atoms with van der Waals surface area (Å²) in [5.74, 6) is 0.642. The fourth-order valence-corrected chi connectivity index (χ4v) is 2.73. The van der Waals surface area contributed by atoms with Gasteiger partial charge in [0, 0.05) is 23.3 Å². The van der Waals surface area contributed by atoms with Crippen LogP contribution in [0, 0.1) is 10.1 Å². The summed E-state index contributed by atoms with van der Waals surface area (Å²) in [6.07, 6.45) is 1.26. The molecule has 0 heterocycles. The molecule has 0 atom stereocenters. The molecule has 1 amide bonds. The number of halogens is 1. The molecule has 0 unspecified atom stereocenters. The van der Waals surface area contributed by atoms with Gasteiger partial charge in [0.1, 0.15) is 11.5 Å². The Labute approximate surface area is 158 Å². The highest BCUT2D eigenvalue weighted by Crippen LogP contribution is 2.31. The van der Waals surface area contributed by atoms with Gasteiger partial charge in [-0.05, 0) is 22.0 Å². The average molecular weight is 422 g/mol. The number of hydrogen-bond donors (Lipinski definition) is 1. The maximum absolute atomic E-state index is 12.0. The number of nitro benzene ring substituents is 1. The van der Waals surface area contributed by atoms with Crippen LogP contribution in [0.2, 0.25) is 0 Å². The molecule has 0 radical (unpaired) electrons. The maximum atomic E-state index is 12.0. The number of ether oxygens (including phenoxy) is 2. The van der Waals surface area contributed by atoms with E-state index in [1.807, 2.05) is 0 Å². The normalized spacial score (nSPS) is 10.6. The highest BCUT2D eigenvalue weighted by molar-refractivity contribution is 9.10. The number of benzene rings is 2. The van der Waals surface area contributed by atoms with Crippen molar-refractivity contribution in [3.05, 3.63) is 62.1 Å². The molecule has 0 aliphatic carbocycles. The summed E-state index contributed by atoms with van der Waals surface area (Å²) in [4.78, 5) is 22.4. The molecular weight excluding hydrogens is 406 g/mol. The molecule has 26 heavy (non-hydrogen) atoms. The predicted molar refractivity (Wildman–Crippen MR) is 99.8 cm³/mol. The molecule has 1 N–H and O–H groups in total. The van der Waals surface area contributed by atoms with Gasteiger partial charge in [-0.1, -0.05) is 18.2 Å². The molecule has 2 rings (SSSR count). The SMILES string of the molecule is COc1cc(OC)c(C=NNC(=O)Cc2ccccc2[N+](=O)[O-])cc1Br. The van der Waals surface area contributed by atoms with Crippen LogP contribution in [0.25, 0.3) is 0 Å². The van der Waals surface area contributed by atoms with Crippen LogP contribution >= 0.6 is 15.9 Å². The lowest BCUT2D eigenvalue weighted by Crippen LogP contribution is -2.20. The van der Waals surface area contributed by atoms with Crippen LogP contribution in [-0.2, 0) is 11.2 Å². The van der Waals surface area contributed by atoms with E-state index in [2.05, 4.69) is 26.5 Å². The number of rotatable bonds is 7. The highest BCUT2D eigenvalue weighted by atomic mass is 79.9. The summed E-state index contributed by atoms with van der Waals surface area (Å²) in [7, 11) is 3.05. The first-order chi connectivity index (χ1) is 12.5. The van der Waals surface area contributed by atoms with Gasteiger partial charge in [-0.2, -0.15) is 5.10 Å². The van der Waals surface area contributed by atoms with Gasteiger partial charge in [0.15, 0.2) is 0 Å².